The molecule has 3 aliphatic rings. The van der Waals surface area contributed by atoms with Gasteiger partial charge in [0.05, 0.1) is 5.92 Å². The molecule has 1 fully saturated rings. The Balaban J connectivity index is 1.62. The van der Waals surface area contributed by atoms with Gasteiger partial charge in [0.1, 0.15) is 5.71 Å². The van der Waals surface area contributed by atoms with Gasteiger partial charge in [-0.2, -0.15) is 0 Å². The third-order valence-electron chi connectivity index (χ3n) is 4.37. The Morgan fingerprint density at radius 3 is 2.86 bits per heavy atom. The number of carbonyl (C=O) groups excluding carboxylic acids is 2. The smallest absolute Gasteiger partial charge is 0.270 e. The number of dihydropyridines is 1. The second kappa shape index (κ2) is 6.20. The average Bonchev–Trinajstić information content (AvgIpc) is 2.53. The van der Waals surface area contributed by atoms with Crippen molar-refractivity contribution in [3.05, 3.63) is 36.0 Å². The van der Waals surface area contributed by atoms with Crippen molar-refractivity contribution in [3.8, 4) is 0 Å². The molecule has 110 valence electrons. The fourth-order valence-corrected chi connectivity index (χ4v) is 3.13. The number of rotatable bonds is 3. The molecule has 0 aromatic rings. The molecule has 1 saturated carbocycles. The predicted octanol–water partition coefficient (Wildman–Crippen LogP) is 2.33. The van der Waals surface area contributed by atoms with Gasteiger partial charge >= 0.3 is 0 Å². The monoisotopic (exact) mass is 284 g/mol. The van der Waals surface area contributed by atoms with Crippen LogP contribution in [0.25, 0.3) is 0 Å². The highest BCUT2D eigenvalue weighted by atomic mass is 16.2. The van der Waals surface area contributed by atoms with Gasteiger partial charge in [-0.25, -0.2) is 4.99 Å². The van der Waals surface area contributed by atoms with Crippen LogP contribution in [0.1, 0.15) is 32.1 Å². The van der Waals surface area contributed by atoms with Gasteiger partial charge in [0, 0.05) is 6.54 Å². The van der Waals surface area contributed by atoms with Crippen molar-refractivity contribution < 1.29 is 9.59 Å². The molecule has 2 aliphatic carbocycles. The maximum absolute atomic E-state index is 12.2. The molecule has 21 heavy (non-hydrogen) atoms. The van der Waals surface area contributed by atoms with Gasteiger partial charge in [0.25, 0.3) is 11.8 Å². The summed E-state index contributed by atoms with van der Waals surface area (Å²) in [4.78, 5) is 28.1. The molecule has 0 spiro atoms. The van der Waals surface area contributed by atoms with Crippen molar-refractivity contribution >= 4 is 17.5 Å². The Labute approximate surface area is 124 Å². The first kappa shape index (κ1) is 14.0. The first-order valence-electron chi connectivity index (χ1n) is 7.71. The minimum Gasteiger partial charge on any atom is -0.350 e. The predicted molar refractivity (Wildman–Crippen MR) is 81.9 cm³/mol. The third-order valence-corrected chi connectivity index (χ3v) is 4.37. The highest BCUT2D eigenvalue weighted by molar-refractivity contribution is 6.45. The minimum atomic E-state index is -0.315. The van der Waals surface area contributed by atoms with E-state index in [1.165, 1.54) is 32.1 Å². The summed E-state index contributed by atoms with van der Waals surface area (Å²) in [6, 6.07) is 0. The summed E-state index contributed by atoms with van der Waals surface area (Å²) in [5.74, 6) is -0.232. The lowest BCUT2D eigenvalue weighted by molar-refractivity contribution is -0.120. The number of amides is 2. The number of hydrogen-bond donors (Lipinski definition) is 1. The van der Waals surface area contributed by atoms with Crippen LogP contribution >= 0.6 is 0 Å². The number of aliphatic imine (C=N–C) groups is 1. The topological polar surface area (TPSA) is 58.5 Å². The van der Waals surface area contributed by atoms with Gasteiger partial charge in [-0.1, -0.05) is 43.6 Å². The second-order valence-corrected chi connectivity index (χ2v) is 5.92. The highest BCUT2D eigenvalue weighted by Crippen LogP contribution is 2.24. The summed E-state index contributed by atoms with van der Waals surface area (Å²) in [5, 5.41) is 2.93. The van der Waals surface area contributed by atoms with Crippen LogP contribution in [0.3, 0.4) is 0 Å². The summed E-state index contributed by atoms with van der Waals surface area (Å²) >= 11 is 0. The van der Waals surface area contributed by atoms with Crippen molar-refractivity contribution in [1.29, 1.82) is 0 Å². The molecule has 1 heterocycles. The molecule has 0 radical (unpaired) electrons. The van der Waals surface area contributed by atoms with Crippen LogP contribution in [0, 0.1) is 11.8 Å². The Hall–Kier alpha value is -1.97. The zero-order valence-electron chi connectivity index (χ0n) is 12.0. The van der Waals surface area contributed by atoms with Gasteiger partial charge in [-0.05, 0) is 30.4 Å². The number of fused-ring (bicyclic) bond motifs is 1. The molecule has 0 aromatic carbocycles. The normalized spacial score (nSPS) is 25.1. The standard InChI is InChI=1S/C17H20N2O2/c20-16-14-9-5-4-8-13(14)10-15(19-16)17(21)18-11-12-6-2-1-3-7-12/h4-5,8-10,12,14H,1-3,6-7,11H2,(H,18,21). The molecule has 0 aromatic heterocycles. The maximum atomic E-state index is 12.2. The van der Waals surface area contributed by atoms with Crippen LogP contribution in [-0.2, 0) is 9.59 Å². The number of hydrogen-bond acceptors (Lipinski definition) is 2. The molecular weight excluding hydrogens is 264 g/mol. The van der Waals surface area contributed by atoms with Crippen LogP contribution < -0.4 is 5.32 Å². The van der Waals surface area contributed by atoms with Crippen LogP contribution in [0.2, 0.25) is 0 Å². The van der Waals surface area contributed by atoms with E-state index in [-0.39, 0.29) is 23.4 Å². The van der Waals surface area contributed by atoms with Gasteiger partial charge < -0.3 is 5.32 Å². The molecule has 2 amide bonds. The van der Waals surface area contributed by atoms with Crippen molar-refractivity contribution in [1.82, 2.24) is 5.32 Å². The number of nitrogens with zero attached hydrogens (tertiary/aromatic N) is 1. The average molecular weight is 284 g/mol. The zero-order valence-corrected chi connectivity index (χ0v) is 12.0. The molecule has 1 aliphatic heterocycles. The van der Waals surface area contributed by atoms with E-state index in [2.05, 4.69) is 10.3 Å². The zero-order chi connectivity index (χ0) is 14.7. The van der Waals surface area contributed by atoms with Crippen LogP contribution in [0.15, 0.2) is 40.9 Å². The van der Waals surface area contributed by atoms with E-state index in [1.807, 2.05) is 24.3 Å². The van der Waals surface area contributed by atoms with Gasteiger partial charge in [0.15, 0.2) is 0 Å². The maximum Gasteiger partial charge on any atom is 0.270 e. The molecule has 0 saturated heterocycles. The quantitative estimate of drug-likeness (QED) is 0.864. The van der Waals surface area contributed by atoms with Crippen molar-refractivity contribution in [2.45, 2.75) is 32.1 Å². The van der Waals surface area contributed by atoms with Crippen molar-refractivity contribution in [2.24, 2.45) is 16.8 Å². The first-order valence-corrected chi connectivity index (χ1v) is 7.71. The van der Waals surface area contributed by atoms with E-state index < -0.39 is 0 Å². The van der Waals surface area contributed by atoms with E-state index >= 15 is 0 Å². The molecule has 0 bridgehead atoms. The Bertz CT molecular complexity index is 563. The largest absolute Gasteiger partial charge is 0.350 e. The van der Waals surface area contributed by atoms with E-state index in [0.29, 0.717) is 12.5 Å². The molecule has 4 heteroatoms. The minimum absolute atomic E-state index is 0.233. The summed E-state index contributed by atoms with van der Waals surface area (Å²) in [7, 11) is 0. The molecule has 1 unspecified atom stereocenters. The summed E-state index contributed by atoms with van der Waals surface area (Å²) in [6.07, 6.45) is 15.3. The summed E-state index contributed by atoms with van der Waals surface area (Å²) < 4.78 is 0. The van der Waals surface area contributed by atoms with Crippen LogP contribution in [0.4, 0.5) is 0 Å². The Morgan fingerprint density at radius 1 is 1.24 bits per heavy atom. The summed E-state index contributed by atoms with van der Waals surface area (Å²) in [6.45, 7) is 0.689. The van der Waals surface area contributed by atoms with Gasteiger partial charge in [-0.3, -0.25) is 9.59 Å². The lowest BCUT2D eigenvalue weighted by atomic mass is 9.89. The fourth-order valence-electron chi connectivity index (χ4n) is 3.13. The fraction of sp³-hybridized carbons (Fsp3) is 0.471. The van der Waals surface area contributed by atoms with E-state index in [9.17, 15) is 9.59 Å². The van der Waals surface area contributed by atoms with Gasteiger partial charge in [-0.15, -0.1) is 0 Å². The first-order chi connectivity index (χ1) is 10.2. The Kier molecular flexibility index (Phi) is 4.13. The summed E-state index contributed by atoms with van der Waals surface area (Å²) in [5.41, 5.74) is 1.09. The van der Waals surface area contributed by atoms with Crippen LogP contribution in [-0.4, -0.2) is 24.1 Å². The molecule has 1 N–H and O–H groups in total. The lowest BCUT2D eigenvalue weighted by Gasteiger charge is -2.22. The highest BCUT2D eigenvalue weighted by Gasteiger charge is 2.27. The molecule has 3 rings (SSSR count). The second-order valence-electron chi connectivity index (χ2n) is 5.92. The number of allylic oxidation sites excluding steroid dienone is 3. The van der Waals surface area contributed by atoms with Crippen molar-refractivity contribution in [3.63, 3.8) is 0 Å². The van der Waals surface area contributed by atoms with E-state index in [4.69, 9.17) is 0 Å². The number of carbonyl (C=O) groups is 2. The van der Waals surface area contributed by atoms with E-state index in [1.54, 1.807) is 6.08 Å². The Morgan fingerprint density at radius 2 is 2.05 bits per heavy atom. The SMILES string of the molecule is O=C(NCC1CCCCC1)C1=NC(=O)C2C=CC=CC2=C1. The molecule has 1 atom stereocenters. The van der Waals surface area contributed by atoms with Crippen molar-refractivity contribution in [2.75, 3.05) is 6.54 Å². The number of nitrogens with one attached hydrogen (secondary N) is 1. The molecular formula is C17H20N2O2. The van der Waals surface area contributed by atoms with E-state index in [0.717, 1.165) is 5.57 Å². The third kappa shape index (κ3) is 3.20. The van der Waals surface area contributed by atoms with Gasteiger partial charge in [0.2, 0.25) is 0 Å². The lowest BCUT2D eigenvalue weighted by Crippen LogP contribution is -2.37. The molecule has 4 nitrogen and oxygen atoms in total. The van der Waals surface area contributed by atoms with Crippen LogP contribution in [0.5, 0.6) is 0 Å².